The Hall–Kier alpha value is -3.80. The average molecular weight is 407 g/mol. The van der Waals surface area contributed by atoms with E-state index < -0.39 is 0 Å². The van der Waals surface area contributed by atoms with Crippen molar-refractivity contribution in [2.24, 2.45) is 5.92 Å². The number of aryl methyl sites for hydroxylation is 1. The number of imidazole rings is 1. The minimum absolute atomic E-state index is 0.437. The molecular weight excluding hydrogens is 386 g/mol. The molecule has 6 nitrogen and oxygen atoms in total. The summed E-state index contributed by atoms with van der Waals surface area (Å²) in [6, 6.07) is 16.6. The molecule has 5 aromatic rings. The van der Waals surface area contributed by atoms with E-state index in [4.69, 9.17) is 9.72 Å². The van der Waals surface area contributed by atoms with Gasteiger partial charge in [-0.3, -0.25) is 4.98 Å². The fourth-order valence-corrected chi connectivity index (χ4v) is 4.17. The lowest BCUT2D eigenvalue weighted by Gasteiger charge is -2.12. The summed E-state index contributed by atoms with van der Waals surface area (Å²) < 4.78 is 8.23. The molecule has 6 heteroatoms. The molecule has 1 aromatic carbocycles. The van der Waals surface area contributed by atoms with Crippen LogP contribution < -0.4 is 4.74 Å². The lowest BCUT2D eigenvalue weighted by molar-refractivity contribution is 0.285. The summed E-state index contributed by atoms with van der Waals surface area (Å²) in [5.41, 5.74) is 4.89. The largest absolute Gasteiger partial charge is 0.477 e. The summed E-state index contributed by atoms with van der Waals surface area (Å²) in [4.78, 5) is 18.3. The summed E-state index contributed by atoms with van der Waals surface area (Å²) in [6.07, 6.45) is 8.61. The second kappa shape index (κ2) is 7.16. The first-order chi connectivity index (χ1) is 15.3. The first-order valence-electron chi connectivity index (χ1n) is 10.5. The van der Waals surface area contributed by atoms with Crippen molar-refractivity contribution in [3.05, 3.63) is 84.8 Å². The maximum atomic E-state index is 6.25. The van der Waals surface area contributed by atoms with Gasteiger partial charge >= 0.3 is 0 Å². The van der Waals surface area contributed by atoms with Gasteiger partial charge in [0, 0.05) is 53.3 Å². The molecule has 1 fully saturated rings. The second-order valence-corrected chi connectivity index (χ2v) is 8.06. The molecule has 2 atom stereocenters. The topological polar surface area (TPSA) is 65.2 Å². The molecule has 6 rings (SSSR count). The zero-order valence-corrected chi connectivity index (χ0v) is 17.1. The van der Waals surface area contributed by atoms with Gasteiger partial charge in [0.15, 0.2) is 0 Å². The highest BCUT2D eigenvalue weighted by Crippen LogP contribution is 2.47. The van der Waals surface area contributed by atoms with E-state index in [-0.39, 0.29) is 0 Å². The van der Waals surface area contributed by atoms with Gasteiger partial charge in [0.25, 0.3) is 0 Å². The number of aromatic nitrogens is 5. The third-order valence-corrected chi connectivity index (χ3v) is 5.94. The molecule has 0 saturated heterocycles. The lowest BCUT2D eigenvalue weighted by atomic mass is 10.1. The van der Waals surface area contributed by atoms with E-state index in [0.29, 0.717) is 30.1 Å². The van der Waals surface area contributed by atoms with Gasteiger partial charge in [-0.15, -0.1) is 0 Å². The van der Waals surface area contributed by atoms with Crippen LogP contribution in [0.1, 0.15) is 23.9 Å². The number of para-hydroxylation sites is 1. The van der Waals surface area contributed by atoms with E-state index in [1.54, 1.807) is 6.20 Å². The molecule has 1 aliphatic rings. The van der Waals surface area contributed by atoms with Crippen LogP contribution in [-0.4, -0.2) is 30.9 Å². The number of hydrogen-bond donors (Lipinski definition) is 0. The SMILES string of the molecule is Cc1ncc(-c2cccn3ccnc23)c(OCC2CC2c2ccc3ccccc3n2)n1. The number of hydrogen-bond acceptors (Lipinski definition) is 5. The molecular formula is C25H21N5O. The highest BCUT2D eigenvalue weighted by Gasteiger charge is 2.40. The fraction of sp³-hybridized carbons (Fsp3) is 0.200. The van der Waals surface area contributed by atoms with Crippen molar-refractivity contribution in [1.82, 2.24) is 24.3 Å². The van der Waals surface area contributed by atoms with Crippen molar-refractivity contribution in [2.45, 2.75) is 19.3 Å². The number of fused-ring (bicyclic) bond motifs is 2. The number of pyridine rings is 2. The molecule has 4 aromatic heterocycles. The number of nitrogens with zero attached hydrogens (tertiary/aromatic N) is 5. The molecule has 1 saturated carbocycles. The summed E-state index contributed by atoms with van der Waals surface area (Å²) >= 11 is 0. The van der Waals surface area contributed by atoms with E-state index in [0.717, 1.165) is 34.4 Å². The van der Waals surface area contributed by atoms with Crippen LogP contribution in [0.15, 0.2) is 73.3 Å². The molecule has 152 valence electrons. The molecule has 2 unspecified atom stereocenters. The Labute approximate surface area is 179 Å². The summed E-state index contributed by atoms with van der Waals surface area (Å²) in [5, 5.41) is 1.17. The average Bonchev–Trinajstić information content (AvgIpc) is 3.42. The monoisotopic (exact) mass is 407 g/mol. The first kappa shape index (κ1) is 18.0. The zero-order valence-electron chi connectivity index (χ0n) is 17.1. The normalized spacial score (nSPS) is 17.8. The standard InChI is InChI=1S/C25H21N5O/c1-16-27-14-21(19-6-4-11-30-12-10-26-24(19)30)25(28-16)31-15-18-13-20(18)23-9-8-17-5-2-3-7-22(17)29-23/h2-12,14,18,20H,13,15H2,1H3. The van der Waals surface area contributed by atoms with Crippen LogP contribution in [0, 0.1) is 12.8 Å². The highest BCUT2D eigenvalue weighted by molar-refractivity contribution is 5.80. The van der Waals surface area contributed by atoms with Crippen LogP contribution >= 0.6 is 0 Å². The van der Waals surface area contributed by atoms with Crippen molar-refractivity contribution >= 4 is 16.6 Å². The predicted molar refractivity (Wildman–Crippen MR) is 119 cm³/mol. The molecule has 0 spiro atoms. The van der Waals surface area contributed by atoms with Gasteiger partial charge in [-0.2, -0.15) is 4.98 Å². The molecule has 0 radical (unpaired) electrons. The van der Waals surface area contributed by atoms with Gasteiger partial charge in [-0.05, 0) is 37.6 Å². The maximum Gasteiger partial charge on any atom is 0.224 e. The Morgan fingerprint density at radius 2 is 1.90 bits per heavy atom. The predicted octanol–water partition coefficient (Wildman–Crippen LogP) is 4.83. The van der Waals surface area contributed by atoms with E-state index >= 15 is 0 Å². The van der Waals surface area contributed by atoms with Gasteiger partial charge in [-0.1, -0.05) is 24.3 Å². The molecule has 0 aliphatic heterocycles. The minimum atomic E-state index is 0.437. The van der Waals surface area contributed by atoms with Gasteiger partial charge in [0.1, 0.15) is 11.5 Å². The van der Waals surface area contributed by atoms with Crippen molar-refractivity contribution in [2.75, 3.05) is 6.61 Å². The number of ether oxygens (including phenoxy) is 1. The van der Waals surface area contributed by atoms with Crippen LogP contribution in [0.25, 0.3) is 27.7 Å². The smallest absolute Gasteiger partial charge is 0.224 e. The van der Waals surface area contributed by atoms with Crippen LogP contribution in [0.4, 0.5) is 0 Å². The van der Waals surface area contributed by atoms with Gasteiger partial charge in [0.05, 0.1) is 17.7 Å². The van der Waals surface area contributed by atoms with Crippen LogP contribution in [0.2, 0.25) is 0 Å². The zero-order chi connectivity index (χ0) is 20.8. The number of benzene rings is 1. The minimum Gasteiger partial charge on any atom is -0.477 e. The van der Waals surface area contributed by atoms with Crippen LogP contribution in [-0.2, 0) is 0 Å². The van der Waals surface area contributed by atoms with E-state index in [9.17, 15) is 0 Å². The van der Waals surface area contributed by atoms with Gasteiger partial charge in [-0.25, -0.2) is 9.97 Å². The first-order valence-corrected chi connectivity index (χ1v) is 10.5. The summed E-state index contributed by atoms with van der Waals surface area (Å²) in [7, 11) is 0. The third kappa shape index (κ3) is 3.30. The number of rotatable bonds is 5. The Morgan fingerprint density at radius 1 is 0.968 bits per heavy atom. The molecule has 0 N–H and O–H groups in total. The Bertz CT molecular complexity index is 1410. The molecule has 31 heavy (non-hydrogen) atoms. The van der Waals surface area contributed by atoms with E-state index in [2.05, 4.69) is 39.2 Å². The quantitative estimate of drug-likeness (QED) is 0.417. The molecule has 1 aliphatic carbocycles. The van der Waals surface area contributed by atoms with Crippen molar-refractivity contribution < 1.29 is 4.74 Å². The van der Waals surface area contributed by atoms with E-state index in [1.807, 2.05) is 54.2 Å². The van der Waals surface area contributed by atoms with Crippen LogP contribution in [0.5, 0.6) is 5.88 Å². The third-order valence-electron chi connectivity index (χ3n) is 5.94. The second-order valence-electron chi connectivity index (χ2n) is 8.06. The Morgan fingerprint density at radius 3 is 2.87 bits per heavy atom. The van der Waals surface area contributed by atoms with Crippen LogP contribution in [0.3, 0.4) is 0 Å². The lowest BCUT2D eigenvalue weighted by Crippen LogP contribution is -2.06. The summed E-state index contributed by atoms with van der Waals surface area (Å²) in [5.74, 6) is 2.18. The van der Waals surface area contributed by atoms with Crippen molar-refractivity contribution in [3.63, 3.8) is 0 Å². The molecule has 0 bridgehead atoms. The van der Waals surface area contributed by atoms with Gasteiger partial charge in [0.2, 0.25) is 5.88 Å². The molecule has 4 heterocycles. The fourth-order valence-electron chi connectivity index (χ4n) is 4.17. The Kier molecular flexibility index (Phi) is 4.16. The summed E-state index contributed by atoms with van der Waals surface area (Å²) in [6.45, 7) is 2.49. The maximum absolute atomic E-state index is 6.25. The molecule has 0 amide bonds. The Balaban J connectivity index is 1.24. The highest BCUT2D eigenvalue weighted by atomic mass is 16.5. The van der Waals surface area contributed by atoms with E-state index in [1.165, 1.54) is 5.39 Å². The van der Waals surface area contributed by atoms with Gasteiger partial charge < -0.3 is 9.14 Å². The van der Waals surface area contributed by atoms with Crippen molar-refractivity contribution in [3.8, 4) is 17.0 Å². The van der Waals surface area contributed by atoms with Crippen molar-refractivity contribution in [1.29, 1.82) is 0 Å².